The van der Waals surface area contributed by atoms with Crippen molar-refractivity contribution in [2.45, 2.75) is 6.92 Å². The summed E-state index contributed by atoms with van der Waals surface area (Å²) >= 11 is 0. The minimum Gasteiger partial charge on any atom is -0.310 e. The third-order valence-electron chi connectivity index (χ3n) is 6.39. The standard InChI is InChI=1S/C30H24N3/c1-21-19-24(33(22-11-5-3-6-12-22)23-13-7-4-8-14-23)20-27-25-15-9-10-16-26(25)29-30(28(21)27)32(2)18-17-31-29/h3-20H,1-2H3/q+1. The molecule has 0 amide bonds. The molecule has 5 aromatic carbocycles. The highest BCUT2D eigenvalue weighted by Crippen LogP contribution is 2.40. The number of aromatic nitrogens is 2. The number of anilines is 3. The summed E-state index contributed by atoms with van der Waals surface area (Å²) in [4.78, 5) is 7.11. The van der Waals surface area contributed by atoms with Crippen molar-refractivity contribution in [3.8, 4) is 0 Å². The molecule has 0 saturated carbocycles. The Hall–Kier alpha value is -4.24. The quantitative estimate of drug-likeness (QED) is 0.221. The third kappa shape index (κ3) is 3.13. The van der Waals surface area contributed by atoms with Gasteiger partial charge in [0.1, 0.15) is 12.6 Å². The van der Waals surface area contributed by atoms with Gasteiger partial charge in [0.05, 0.1) is 11.6 Å². The molecule has 0 radical (unpaired) electrons. The molecule has 0 saturated heterocycles. The molecule has 0 aliphatic heterocycles. The normalized spacial score (nSPS) is 11.3. The maximum absolute atomic E-state index is 4.78. The molecular weight excluding hydrogens is 402 g/mol. The largest absolute Gasteiger partial charge is 0.310 e. The van der Waals surface area contributed by atoms with E-state index < -0.39 is 0 Å². The monoisotopic (exact) mass is 426 g/mol. The van der Waals surface area contributed by atoms with Crippen molar-refractivity contribution in [3.05, 3.63) is 115 Å². The smallest absolute Gasteiger partial charge is 0.239 e. The van der Waals surface area contributed by atoms with E-state index in [9.17, 15) is 0 Å². The molecule has 0 N–H and O–H groups in total. The van der Waals surface area contributed by atoms with Crippen molar-refractivity contribution in [2.24, 2.45) is 7.05 Å². The second kappa shape index (κ2) is 7.72. The van der Waals surface area contributed by atoms with Gasteiger partial charge in [0.25, 0.3) is 0 Å². The lowest BCUT2D eigenvalue weighted by Crippen LogP contribution is -2.29. The molecule has 0 atom stereocenters. The van der Waals surface area contributed by atoms with Gasteiger partial charge in [0.2, 0.25) is 5.52 Å². The van der Waals surface area contributed by atoms with E-state index in [0.717, 1.165) is 22.6 Å². The molecule has 0 fully saturated rings. The molecule has 0 aliphatic carbocycles. The first-order valence-electron chi connectivity index (χ1n) is 11.2. The molecule has 6 aromatic rings. The van der Waals surface area contributed by atoms with E-state index >= 15 is 0 Å². The second-order valence-electron chi connectivity index (χ2n) is 8.47. The number of benzene rings is 5. The molecule has 3 nitrogen and oxygen atoms in total. The molecule has 0 unspecified atom stereocenters. The number of hydrogen-bond donors (Lipinski definition) is 0. The van der Waals surface area contributed by atoms with Crippen LogP contribution in [0.2, 0.25) is 0 Å². The summed E-state index contributed by atoms with van der Waals surface area (Å²) < 4.78 is 2.19. The molecule has 6 rings (SSSR count). The first kappa shape index (κ1) is 19.4. The molecule has 158 valence electrons. The van der Waals surface area contributed by atoms with Gasteiger partial charge < -0.3 is 4.90 Å². The number of nitrogens with zero attached hydrogens (tertiary/aromatic N) is 3. The van der Waals surface area contributed by atoms with Crippen LogP contribution in [0.4, 0.5) is 17.1 Å². The number of para-hydroxylation sites is 2. The van der Waals surface area contributed by atoms with Crippen molar-refractivity contribution in [1.82, 2.24) is 4.98 Å². The Balaban J connectivity index is 1.74. The fourth-order valence-corrected chi connectivity index (χ4v) is 4.95. The van der Waals surface area contributed by atoms with Gasteiger partial charge in [-0.3, -0.25) is 0 Å². The number of fused-ring (bicyclic) bond motifs is 6. The molecule has 1 heterocycles. The summed E-state index contributed by atoms with van der Waals surface area (Å²) in [6, 6.07) is 34.4. The van der Waals surface area contributed by atoms with Gasteiger partial charge in [-0.05, 0) is 59.7 Å². The summed E-state index contributed by atoms with van der Waals surface area (Å²) in [5.74, 6) is 0. The van der Waals surface area contributed by atoms with Crippen molar-refractivity contribution < 1.29 is 4.57 Å². The molecule has 1 aromatic heterocycles. The summed E-state index contributed by atoms with van der Waals surface area (Å²) in [5.41, 5.74) is 6.87. The first-order valence-corrected chi connectivity index (χ1v) is 11.2. The van der Waals surface area contributed by atoms with E-state index in [1.165, 1.54) is 32.6 Å². The Morgan fingerprint density at radius 3 is 1.94 bits per heavy atom. The minimum absolute atomic E-state index is 1.04. The van der Waals surface area contributed by atoms with Crippen molar-refractivity contribution >= 4 is 49.6 Å². The minimum atomic E-state index is 1.04. The van der Waals surface area contributed by atoms with Crippen LogP contribution in [-0.2, 0) is 7.05 Å². The van der Waals surface area contributed by atoms with Gasteiger partial charge in [-0.2, -0.15) is 4.57 Å². The Labute approximate surface area is 193 Å². The Kier molecular flexibility index (Phi) is 4.55. The van der Waals surface area contributed by atoms with E-state index in [2.05, 4.69) is 121 Å². The SMILES string of the molecule is Cc1cc(N(c2ccccc2)c2ccccc2)cc2c3ccccc3c3ncc[n+](C)c3c12. The molecular formula is C30H24N3+. The van der Waals surface area contributed by atoms with Crippen LogP contribution in [0.3, 0.4) is 0 Å². The zero-order chi connectivity index (χ0) is 22.4. The predicted molar refractivity (Wildman–Crippen MR) is 137 cm³/mol. The average Bonchev–Trinajstić information content (AvgIpc) is 2.86. The van der Waals surface area contributed by atoms with E-state index in [1.54, 1.807) is 0 Å². The molecule has 3 heteroatoms. The lowest BCUT2D eigenvalue weighted by Gasteiger charge is -2.26. The highest BCUT2D eigenvalue weighted by molar-refractivity contribution is 6.23. The molecule has 0 bridgehead atoms. The highest BCUT2D eigenvalue weighted by atomic mass is 15.1. The third-order valence-corrected chi connectivity index (χ3v) is 6.39. The zero-order valence-electron chi connectivity index (χ0n) is 18.7. The van der Waals surface area contributed by atoms with E-state index in [1.807, 2.05) is 12.4 Å². The Morgan fingerprint density at radius 2 is 1.27 bits per heavy atom. The van der Waals surface area contributed by atoms with Crippen LogP contribution in [0, 0.1) is 6.92 Å². The highest BCUT2D eigenvalue weighted by Gasteiger charge is 2.21. The van der Waals surface area contributed by atoms with Crippen LogP contribution < -0.4 is 9.47 Å². The second-order valence-corrected chi connectivity index (χ2v) is 8.47. The van der Waals surface area contributed by atoms with Crippen LogP contribution >= 0.6 is 0 Å². The van der Waals surface area contributed by atoms with Crippen molar-refractivity contribution in [3.63, 3.8) is 0 Å². The number of hydrogen-bond acceptors (Lipinski definition) is 2. The topological polar surface area (TPSA) is 20.0 Å². The first-order chi connectivity index (χ1) is 16.2. The summed E-state index contributed by atoms with van der Waals surface area (Å²) in [7, 11) is 2.10. The predicted octanol–water partition coefficient (Wildman–Crippen LogP) is 7.14. The van der Waals surface area contributed by atoms with Crippen LogP contribution in [0.1, 0.15) is 5.56 Å². The van der Waals surface area contributed by atoms with Gasteiger partial charge in [-0.15, -0.1) is 0 Å². The van der Waals surface area contributed by atoms with Crippen molar-refractivity contribution in [1.29, 1.82) is 0 Å². The fourth-order valence-electron chi connectivity index (χ4n) is 4.95. The van der Waals surface area contributed by atoms with Crippen LogP contribution in [0.5, 0.6) is 0 Å². The zero-order valence-corrected chi connectivity index (χ0v) is 18.7. The summed E-state index contributed by atoms with van der Waals surface area (Å²) in [5, 5.41) is 4.90. The number of rotatable bonds is 3. The summed E-state index contributed by atoms with van der Waals surface area (Å²) in [6.07, 6.45) is 3.92. The Bertz CT molecular complexity index is 1580. The molecule has 33 heavy (non-hydrogen) atoms. The van der Waals surface area contributed by atoms with E-state index in [4.69, 9.17) is 4.98 Å². The lowest BCUT2D eigenvalue weighted by molar-refractivity contribution is -0.644. The maximum Gasteiger partial charge on any atom is 0.239 e. The van der Waals surface area contributed by atoms with E-state index in [0.29, 0.717) is 0 Å². The van der Waals surface area contributed by atoms with Crippen LogP contribution in [-0.4, -0.2) is 4.98 Å². The van der Waals surface area contributed by atoms with Crippen LogP contribution in [0.25, 0.3) is 32.6 Å². The van der Waals surface area contributed by atoms with E-state index in [-0.39, 0.29) is 0 Å². The average molecular weight is 427 g/mol. The lowest BCUT2D eigenvalue weighted by atomic mass is 9.95. The van der Waals surface area contributed by atoms with Gasteiger partial charge in [0, 0.05) is 22.4 Å². The van der Waals surface area contributed by atoms with Gasteiger partial charge in [-0.1, -0.05) is 60.7 Å². The number of aryl methyl sites for hydroxylation is 2. The van der Waals surface area contributed by atoms with Crippen LogP contribution in [0.15, 0.2) is 109 Å². The van der Waals surface area contributed by atoms with Gasteiger partial charge >= 0.3 is 0 Å². The Morgan fingerprint density at radius 1 is 0.667 bits per heavy atom. The van der Waals surface area contributed by atoms with Gasteiger partial charge in [-0.25, -0.2) is 4.98 Å². The van der Waals surface area contributed by atoms with Crippen molar-refractivity contribution in [2.75, 3.05) is 4.90 Å². The summed E-state index contributed by atoms with van der Waals surface area (Å²) in [6.45, 7) is 2.21. The molecule has 0 aliphatic rings. The molecule has 0 spiro atoms. The fraction of sp³-hybridized carbons (Fsp3) is 0.0667. The maximum atomic E-state index is 4.78. The van der Waals surface area contributed by atoms with Gasteiger partial charge in [0.15, 0.2) is 6.20 Å².